The zero-order chi connectivity index (χ0) is 18.9. The minimum absolute atomic E-state index is 0.0700. The molecule has 1 N–H and O–H groups in total. The lowest BCUT2D eigenvalue weighted by Gasteiger charge is -2.29. The highest BCUT2D eigenvalue weighted by atomic mass is 32.2. The maximum Gasteiger partial charge on any atom is 0.227 e. The first kappa shape index (κ1) is 18.6. The molecule has 1 aliphatic rings. The highest BCUT2D eigenvalue weighted by Gasteiger charge is 2.28. The summed E-state index contributed by atoms with van der Waals surface area (Å²) in [5, 5.41) is 2.91. The number of oxazole rings is 1. The van der Waals surface area contributed by atoms with Crippen LogP contribution in [0.25, 0.3) is 11.3 Å². The van der Waals surface area contributed by atoms with Crippen LogP contribution in [-0.4, -0.2) is 43.0 Å². The van der Waals surface area contributed by atoms with Crippen molar-refractivity contribution < 1.29 is 17.6 Å². The highest BCUT2D eigenvalue weighted by Crippen LogP contribution is 2.25. The molecule has 8 heteroatoms. The van der Waals surface area contributed by atoms with Gasteiger partial charge in [0.1, 0.15) is 11.5 Å². The van der Waals surface area contributed by atoms with E-state index in [1.165, 1.54) is 10.6 Å². The van der Waals surface area contributed by atoms with E-state index in [1.807, 2.05) is 31.2 Å². The second kappa shape index (κ2) is 7.20. The molecule has 2 heterocycles. The molecule has 1 fully saturated rings. The number of sulfonamides is 1. The smallest absolute Gasteiger partial charge is 0.227 e. The maximum absolute atomic E-state index is 12.4. The lowest BCUT2D eigenvalue weighted by atomic mass is 9.97. The van der Waals surface area contributed by atoms with Crippen molar-refractivity contribution in [3.8, 4) is 11.3 Å². The summed E-state index contributed by atoms with van der Waals surface area (Å²) in [4.78, 5) is 16.8. The third-order valence-corrected chi connectivity index (χ3v) is 5.93. The summed E-state index contributed by atoms with van der Waals surface area (Å²) in [6.07, 6.45) is 2.27. The van der Waals surface area contributed by atoms with Crippen molar-refractivity contribution in [2.75, 3.05) is 24.7 Å². The number of anilines is 1. The molecule has 2 aromatic rings. The molecule has 1 aromatic carbocycles. The summed E-state index contributed by atoms with van der Waals surface area (Å²) in [7, 11) is -3.18. The molecule has 1 amide bonds. The monoisotopic (exact) mass is 377 g/mol. The number of piperidine rings is 1. The molecule has 0 atom stereocenters. The standard InChI is InChI=1S/C18H23N3O4S/c1-12-17(19-13(2)25-12)14-4-6-16(7-5-14)20-18(22)15-8-10-21(11-9-15)26(3,23)24/h4-7,15H,8-11H2,1-3H3,(H,20,22). The van der Waals surface area contributed by atoms with E-state index in [2.05, 4.69) is 10.3 Å². The minimum atomic E-state index is -3.18. The number of aromatic nitrogens is 1. The van der Waals surface area contributed by atoms with Gasteiger partial charge in [-0.1, -0.05) is 12.1 Å². The molecule has 0 unspecified atom stereocenters. The number of aryl methyl sites for hydroxylation is 2. The molecule has 0 spiro atoms. The van der Waals surface area contributed by atoms with Crippen LogP contribution in [0.15, 0.2) is 28.7 Å². The highest BCUT2D eigenvalue weighted by molar-refractivity contribution is 7.88. The van der Waals surface area contributed by atoms with Crippen molar-refractivity contribution >= 4 is 21.6 Å². The van der Waals surface area contributed by atoms with Gasteiger partial charge in [-0.2, -0.15) is 0 Å². The van der Waals surface area contributed by atoms with Gasteiger partial charge in [0.25, 0.3) is 0 Å². The molecule has 1 aromatic heterocycles. The molecule has 0 bridgehead atoms. The second-order valence-electron chi connectivity index (χ2n) is 6.64. The Morgan fingerprint density at radius 1 is 1.19 bits per heavy atom. The first-order valence-corrected chi connectivity index (χ1v) is 10.4. The summed E-state index contributed by atoms with van der Waals surface area (Å²) >= 11 is 0. The summed E-state index contributed by atoms with van der Waals surface area (Å²) in [5.41, 5.74) is 2.44. The number of carbonyl (C=O) groups is 1. The van der Waals surface area contributed by atoms with Gasteiger partial charge in [-0.3, -0.25) is 4.79 Å². The third kappa shape index (κ3) is 4.13. The van der Waals surface area contributed by atoms with E-state index in [0.717, 1.165) is 17.0 Å². The van der Waals surface area contributed by atoms with Crippen LogP contribution in [0, 0.1) is 19.8 Å². The van der Waals surface area contributed by atoms with Gasteiger partial charge in [-0.15, -0.1) is 0 Å². The van der Waals surface area contributed by atoms with Crippen LogP contribution in [0.2, 0.25) is 0 Å². The lowest BCUT2D eigenvalue weighted by Crippen LogP contribution is -2.40. The zero-order valence-corrected chi connectivity index (χ0v) is 16.0. The largest absolute Gasteiger partial charge is 0.446 e. The number of carbonyl (C=O) groups excluding carboxylic acids is 1. The van der Waals surface area contributed by atoms with Gasteiger partial charge < -0.3 is 9.73 Å². The molecule has 7 nitrogen and oxygen atoms in total. The van der Waals surface area contributed by atoms with Gasteiger partial charge in [-0.25, -0.2) is 17.7 Å². The molecular weight excluding hydrogens is 354 g/mol. The van der Waals surface area contributed by atoms with Gasteiger partial charge >= 0.3 is 0 Å². The molecule has 1 aliphatic heterocycles. The van der Waals surface area contributed by atoms with Gasteiger partial charge in [0, 0.05) is 37.2 Å². The van der Waals surface area contributed by atoms with Gasteiger partial charge in [0.05, 0.1) is 6.26 Å². The molecule has 0 saturated carbocycles. The summed E-state index contributed by atoms with van der Waals surface area (Å²) < 4.78 is 30.0. The van der Waals surface area contributed by atoms with E-state index in [-0.39, 0.29) is 11.8 Å². The van der Waals surface area contributed by atoms with Crippen LogP contribution >= 0.6 is 0 Å². The van der Waals surface area contributed by atoms with Crippen LogP contribution in [0.5, 0.6) is 0 Å². The fraction of sp³-hybridized carbons (Fsp3) is 0.444. The van der Waals surface area contributed by atoms with Crippen LogP contribution in [0.3, 0.4) is 0 Å². The zero-order valence-electron chi connectivity index (χ0n) is 15.2. The van der Waals surface area contributed by atoms with Crippen molar-refractivity contribution in [2.45, 2.75) is 26.7 Å². The average molecular weight is 377 g/mol. The van der Waals surface area contributed by atoms with E-state index < -0.39 is 10.0 Å². The van der Waals surface area contributed by atoms with E-state index >= 15 is 0 Å². The van der Waals surface area contributed by atoms with Crippen molar-refractivity contribution in [1.29, 1.82) is 0 Å². The van der Waals surface area contributed by atoms with Gasteiger partial charge in [0.15, 0.2) is 5.89 Å². The Labute approximate surface area is 153 Å². The molecule has 0 radical (unpaired) electrons. The van der Waals surface area contributed by atoms with Crippen LogP contribution in [0.4, 0.5) is 5.69 Å². The SMILES string of the molecule is Cc1nc(-c2ccc(NC(=O)C3CCN(S(C)(=O)=O)CC3)cc2)c(C)o1. The Balaban J connectivity index is 1.61. The predicted molar refractivity (Wildman–Crippen MR) is 99.2 cm³/mol. The minimum Gasteiger partial charge on any atom is -0.446 e. The Morgan fingerprint density at radius 2 is 1.81 bits per heavy atom. The molecule has 3 rings (SSSR count). The number of hydrogen-bond donors (Lipinski definition) is 1. The summed E-state index contributed by atoms with van der Waals surface area (Å²) in [5.74, 6) is 1.14. The molecular formula is C18H23N3O4S. The maximum atomic E-state index is 12.4. The fourth-order valence-corrected chi connectivity index (χ4v) is 4.08. The van der Waals surface area contributed by atoms with Crippen molar-refractivity contribution in [1.82, 2.24) is 9.29 Å². The van der Waals surface area contributed by atoms with Gasteiger partial charge in [-0.05, 0) is 31.9 Å². The molecule has 1 saturated heterocycles. The van der Waals surface area contributed by atoms with Crippen molar-refractivity contribution in [3.63, 3.8) is 0 Å². The Kier molecular flexibility index (Phi) is 5.15. The Bertz CT molecular complexity index is 895. The van der Waals surface area contributed by atoms with Gasteiger partial charge in [0.2, 0.25) is 15.9 Å². The fourth-order valence-electron chi connectivity index (χ4n) is 3.20. The Morgan fingerprint density at radius 3 is 2.31 bits per heavy atom. The number of nitrogens with one attached hydrogen (secondary N) is 1. The van der Waals surface area contributed by atoms with Crippen LogP contribution in [0.1, 0.15) is 24.5 Å². The normalized spacial score (nSPS) is 16.6. The first-order chi connectivity index (χ1) is 12.2. The molecule has 140 valence electrons. The lowest BCUT2D eigenvalue weighted by molar-refractivity contribution is -0.120. The average Bonchev–Trinajstić information content (AvgIpc) is 2.93. The quantitative estimate of drug-likeness (QED) is 0.884. The van der Waals surface area contributed by atoms with E-state index in [1.54, 1.807) is 6.92 Å². The molecule has 26 heavy (non-hydrogen) atoms. The number of benzene rings is 1. The number of nitrogens with zero attached hydrogens (tertiary/aromatic N) is 2. The Hall–Kier alpha value is -2.19. The van der Waals surface area contributed by atoms with E-state index in [4.69, 9.17) is 4.42 Å². The first-order valence-electron chi connectivity index (χ1n) is 8.54. The van der Waals surface area contributed by atoms with Crippen molar-refractivity contribution in [3.05, 3.63) is 35.9 Å². The van der Waals surface area contributed by atoms with Crippen LogP contribution in [-0.2, 0) is 14.8 Å². The third-order valence-electron chi connectivity index (χ3n) is 4.62. The molecule has 0 aliphatic carbocycles. The predicted octanol–water partition coefficient (Wildman–Crippen LogP) is 2.57. The van der Waals surface area contributed by atoms with Crippen LogP contribution < -0.4 is 5.32 Å². The number of hydrogen-bond acceptors (Lipinski definition) is 5. The number of rotatable bonds is 4. The summed E-state index contributed by atoms with van der Waals surface area (Å²) in [6, 6.07) is 7.46. The topological polar surface area (TPSA) is 92.5 Å². The second-order valence-corrected chi connectivity index (χ2v) is 8.62. The summed E-state index contributed by atoms with van der Waals surface area (Å²) in [6.45, 7) is 4.45. The van der Waals surface area contributed by atoms with Crippen molar-refractivity contribution in [2.24, 2.45) is 5.92 Å². The van der Waals surface area contributed by atoms with E-state index in [0.29, 0.717) is 37.5 Å². The number of amides is 1. The van der Waals surface area contributed by atoms with E-state index in [9.17, 15) is 13.2 Å².